The number of nitrogens with one attached hydrogen (secondary N) is 1. The molecule has 0 bridgehead atoms. The number of carboxylic acids is 1. The van der Waals surface area contributed by atoms with Crippen LogP contribution in [0.5, 0.6) is 0 Å². The second-order valence-corrected chi connectivity index (χ2v) is 5.27. The van der Waals surface area contributed by atoms with E-state index in [9.17, 15) is 13.2 Å². The van der Waals surface area contributed by atoms with Gasteiger partial charge in [-0.25, -0.2) is 9.78 Å². The van der Waals surface area contributed by atoms with Crippen molar-refractivity contribution in [3.63, 3.8) is 0 Å². The van der Waals surface area contributed by atoms with Gasteiger partial charge in [-0.05, 0) is 18.2 Å². The summed E-state index contributed by atoms with van der Waals surface area (Å²) in [5, 5.41) is 12.4. The Kier molecular flexibility index (Phi) is 3.21. The molecule has 2 heterocycles. The summed E-state index contributed by atoms with van der Waals surface area (Å²) in [7, 11) is -2.27. The lowest BCUT2D eigenvalue weighted by atomic mass is 10.3. The fourth-order valence-electron chi connectivity index (χ4n) is 1.41. The summed E-state index contributed by atoms with van der Waals surface area (Å²) in [6, 6.07) is 3.88. The van der Waals surface area contributed by atoms with Crippen LogP contribution in [0.25, 0.3) is 0 Å². The largest absolute Gasteiger partial charge is 0.477 e. The third-order valence-electron chi connectivity index (χ3n) is 2.29. The van der Waals surface area contributed by atoms with Crippen LogP contribution in [0.3, 0.4) is 0 Å². The molecule has 0 atom stereocenters. The van der Waals surface area contributed by atoms with E-state index in [2.05, 4.69) is 14.8 Å². The van der Waals surface area contributed by atoms with Crippen LogP contribution < -0.4 is 4.72 Å². The summed E-state index contributed by atoms with van der Waals surface area (Å²) in [5.41, 5.74) is 0.00896. The summed E-state index contributed by atoms with van der Waals surface area (Å²) in [4.78, 5) is 14.2. The Morgan fingerprint density at radius 2 is 2.11 bits per heavy atom. The molecule has 8 nitrogen and oxygen atoms in total. The molecular formula is C10H10N4O4S. The van der Waals surface area contributed by atoms with Crippen LogP contribution in [0.1, 0.15) is 10.5 Å². The minimum Gasteiger partial charge on any atom is -0.477 e. The molecule has 0 amide bonds. The van der Waals surface area contributed by atoms with Crippen molar-refractivity contribution < 1.29 is 18.3 Å². The minimum absolute atomic E-state index is 0.00480. The van der Waals surface area contributed by atoms with E-state index in [0.29, 0.717) is 0 Å². The first kappa shape index (κ1) is 13.0. The Bertz CT molecular complexity index is 705. The molecule has 0 unspecified atom stereocenters. The van der Waals surface area contributed by atoms with E-state index in [1.807, 2.05) is 0 Å². The average molecular weight is 282 g/mol. The number of carboxylic acid groups (broad SMARTS) is 1. The van der Waals surface area contributed by atoms with Crippen molar-refractivity contribution >= 4 is 21.7 Å². The molecule has 0 aliphatic carbocycles. The van der Waals surface area contributed by atoms with E-state index in [0.717, 1.165) is 6.20 Å². The van der Waals surface area contributed by atoms with E-state index in [-0.39, 0.29) is 16.4 Å². The Labute approximate surface area is 108 Å². The molecule has 9 heteroatoms. The number of anilines is 1. The van der Waals surface area contributed by atoms with Crippen molar-refractivity contribution in [2.24, 2.45) is 7.05 Å². The number of sulfonamides is 1. The fourth-order valence-corrected chi connectivity index (χ4v) is 2.58. The summed E-state index contributed by atoms with van der Waals surface area (Å²) in [6.45, 7) is 0. The molecule has 2 rings (SSSR count). The summed E-state index contributed by atoms with van der Waals surface area (Å²) in [6.07, 6.45) is 2.50. The van der Waals surface area contributed by atoms with Gasteiger partial charge < -0.3 is 5.11 Å². The predicted octanol–water partition coefficient (Wildman–Crippen LogP) is 0.314. The number of aryl methyl sites for hydroxylation is 1. The zero-order valence-corrected chi connectivity index (χ0v) is 10.6. The first-order chi connectivity index (χ1) is 8.90. The molecule has 0 fully saturated rings. The van der Waals surface area contributed by atoms with Gasteiger partial charge in [-0.2, -0.15) is 13.5 Å². The number of hydrogen-bond acceptors (Lipinski definition) is 5. The van der Waals surface area contributed by atoms with E-state index in [4.69, 9.17) is 5.11 Å². The first-order valence-electron chi connectivity index (χ1n) is 5.10. The van der Waals surface area contributed by atoms with Crippen molar-refractivity contribution in [1.82, 2.24) is 14.8 Å². The molecule has 0 aliphatic rings. The predicted molar refractivity (Wildman–Crippen MR) is 65.2 cm³/mol. The van der Waals surface area contributed by atoms with E-state index in [1.54, 1.807) is 0 Å². The third kappa shape index (κ3) is 2.71. The number of aromatic carboxylic acids is 1. The maximum atomic E-state index is 12.0. The zero-order valence-electron chi connectivity index (χ0n) is 9.81. The van der Waals surface area contributed by atoms with E-state index in [1.165, 1.54) is 36.1 Å². The molecule has 0 aliphatic heterocycles. The van der Waals surface area contributed by atoms with E-state index < -0.39 is 16.0 Å². The molecule has 0 saturated carbocycles. The van der Waals surface area contributed by atoms with E-state index >= 15 is 0 Å². The smallest absolute Gasteiger partial charge is 0.354 e. The normalized spacial score (nSPS) is 11.2. The highest BCUT2D eigenvalue weighted by atomic mass is 32.2. The minimum atomic E-state index is -3.77. The van der Waals surface area contributed by atoms with Gasteiger partial charge in [-0.1, -0.05) is 0 Å². The van der Waals surface area contributed by atoms with Gasteiger partial charge in [-0.15, -0.1) is 0 Å². The van der Waals surface area contributed by atoms with Crippen LogP contribution in [0, 0.1) is 0 Å². The van der Waals surface area contributed by atoms with Gasteiger partial charge in [0.15, 0.2) is 5.03 Å². The second kappa shape index (κ2) is 4.69. The monoisotopic (exact) mass is 282 g/mol. The summed E-state index contributed by atoms with van der Waals surface area (Å²) < 4.78 is 27.5. The van der Waals surface area contributed by atoms with Crippen molar-refractivity contribution in [2.45, 2.75) is 5.03 Å². The molecule has 2 aromatic rings. The van der Waals surface area contributed by atoms with Crippen molar-refractivity contribution in [2.75, 3.05) is 4.72 Å². The Hall–Kier alpha value is -2.42. The van der Waals surface area contributed by atoms with Gasteiger partial charge in [0.05, 0.1) is 18.1 Å². The first-order valence-corrected chi connectivity index (χ1v) is 6.58. The topological polar surface area (TPSA) is 114 Å². The number of carbonyl (C=O) groups is 1. The molecule has 100 valence electrons. The number of pyridine rings is 1. The summed E-state index contributed by atoms with van der Waals surface area (Å²) >= 11 is 0. The maximum Gasteiger partial charge on any atom is 0.354 e. The molecular weight excluding hydrogens is 272 g/mol. The van der Waals surface area contributed by atoms with Crippen molar-refractivity contribution in [3.8, 4) is 0 Å². The van der Waals surface area contributed by atoms with Crippen LogP contribution in [0.4, 0.5) is 5.69 Å². The number of hydrogen-bond donors (Lipinski definition) is 2. The van der Waals surface area contributed by atoms with Crippen LogP contribution in [-0.2, 0) is 17.1 Å². The molecule has 0 saturated heterocycles. The molecule has 19 heavy (non-hydrogen) atoms. The van der Waals surface area contributed by atoms with Crippen molar-refractivity contribution in [3.05, 3.63) is 36.3 Å². The van der Waals surface area contributed by atoms with Gasteiger partial charge in [0, 0.05) is 7.05 Å². The van der Waals surface area contributed by atoms with Gasteiger partial charge >= 0.3 is 5.97 Å². The van der Waals surface area contributed by atoms with Crippen LogP contribution in [-0.4, -0.2) is 34.3 Å². The SMILES string of the molecule is Cn1nccc1S(=O)(=O)Nc1ccc(C(=O)O)nc1. The van der Waals surface area contributed by atoms with Crippen LogP contribution in [0.2, 0.25) is 0 Å². The Morgan fingerprint density at radius 1 is 1.37 bits per heavy atom. The highest BCUT2D eigenvalue weighted by Gasteiger charge is 2.18. The van der Waals surface area contributed by atoms with Gasteiger partial charge in [0.2, 0.25) is 0 Å². The Balaban J connectivity index is 2.26. The van der Waals surface area contributed by atoms with Gasteiger partial charge in [0.25, 0.3) is 10.0 Å². The Morgan fingerprint density at radius 3 is 2.58 bits per heavy atom. The standard InChI is InChI=1S/C10H10N4O4S/c1-14-9(4-5-12-14)19(17,18)13-7-2-3-8(10(15)16)11-6-7/h2-6,13H,1H3,(H,15,16). The van der Waals surface area contributed by atoms with Gasteiger partial charge in [0.1, 0.15) is 5.69 Å². The highest BCUT2D eigenvalue weighted by molar-refractivity contribution is 7.92. The second-order valence-electron chi connectivity index (χ2n) is 3.64. The molecule has 2 aromatic heterocycles. The molecule has 2 N–H and O–H groups in total. The zero-order chi connectivity index (χ0) is 14.0. The van der Waals surface area contributed by atoms with Crippen molar-refractivity contribution in [1.29, 1.82) is 0 Å². The highest BCUT2D eigenvalue weighted by Crippen LogP contribution is 2.14. The lowest BCUT2D eigenvalue weighted by Gasteiger charge is -2.07. The third-order valence-corrected chi connectivity index (χ3v) is 3.74. The fraction of sp³-hybridized carbons (Fsp3) is 0.100. The molecule has 0 aromatic carbocycles. The quantitative estimate of drug-likeness (QED) is 0.834. The number of aromatic nitrogens is 3. The van der Waals surface area contributed by atoms with Crippen LogP contribution >= 0.6 is 0 Å². The lowest BCUT2D eigenvalue weighted by molar-refractivity contribution is 0.0690. The lowest BCUT2D eigenvalue weighted by Crippen LogP contribution is -2.17. The number of nitrogens with zero attached hydrogens (tertiary/aromatic N) is 3. The average Bonchev–Trinajstić information content (AvgIpc) is 2.76. The van der Waals surface area contributed by atoms with Gasteiger partial charge in [-0.3, -0.25) is 9.40 Å². The molecule has 0 radical (unpaired) electrons. The molecule has 0 spiro atoms. The summed E-state index contributed by atoms with van der Waals surface area (Å²) in [5.74, 6) is -1.18. The maximum absolute atomic E-state index is 12.0. The number of rotatable bonds is 4. The van der Waals surface area contributed by atoms with Crippen LogP contribution in [0.15, 0.2) is 35.6 Å².